The van der Waals surface area contributed by atoms with E-state index in [9.17, 15) is 5.11 Å². The molecule has 4 aromatic carbocycles. The van der Waals surface area contributed by atoms with Gasteiger partial charge in [0.1, 0.15) is 0 Å². The first-order valence-electron chi connectivity index (χ1n) is 12.1. The van der Waals surface area contributed by atoms with Crippen LogP contribution in [0.3, 0.4) is 0 Å². The molecule has 0 saturated carbocycles. The lowest BCUT2D eigenvalue weighted by Gasteiger charge is -2.27. The lowest BCUT2D eigenvalue weighted by Crippen LogP contribution is -2.58. The number of hydrogen-bond acceptors (Lipinski definition) is 6. The zero-order valence-corrected chi connectivity index (χ0v) is 21.1. The molecule has 0 radical (unpaired) electrons. The average Bonchev–Trinajstić information content (AvgIpc) is 3.18. The van der Waals surface area contributed by atoms with Gasteiger partial charge in [0.15, 0.2) is 0 Å². The van der Waals surface area contributed by atoms with Crippen LogP contribution in [0.5, 0.6) is 0 Å². The van der Waals surface area contributed by atoms with Crippen molar-refractivity contribution in [2.24, 2.45) is 0 Å². The van der Waals surface area contributed by atoms with E-state index >= 15 is 0 Å². The molecule has 0 spiro atoms. The Kier molecular flexibility index (Phi) is 9.08. The summed E-state index contributed by atoms with van der Waals surface area (Å²) in [6.07, 6.45) is 0.320. The summed E-state index contributed by atoms with van der Waals surface area (Å²) in [5, 5.41) is 11.2. The van der Waals surface area contributed by atoms with E-state index in [0.717, 1.165) is 19.5 Å². The molecule has 0 amide bonds. The van der Waals surface area contributed by atoms with Crippen LogP contribution in [0.2, 0.25) is 0 Å². The molecule has 192 valence electrons. The quantitative estimate of drug-likeness (QED) is 0.369. The van der Waals surface area contributed by atoms with Crippen LogP contribution in [0.25, 0.3) is 11.1 Å². The van der Waals surface area contributed by atoms with Crippen molar-refractivity contribution in [3.8, 4) is 11.1 Å². The van der Waals surface area contributed by atoms with Crippen LogP contribution < -0.4 is 14.0 Å². The van der Waals surface area contributed by atoms with E-state index in [-0.39, 0.29) is 5.92 Å². The molecule has 1 atom stereocenters. The first-order valence-corrected chi connectivity index (χ1v) is 13.3. The maximum Gasteiger partial charge on any atom is 0.0777 e. The van der Waals surface area contributed by atoms with Crippen LogP contribution in [0.1, 0.15) is 34.6 Å². The van der Waals surface area contributed by atoms with Crippen LogP contribution in [0, 0.1) is 10.2 Å². The highest BCUT2D eigenvalue weighted by Gasteiger charge is 2.30. The van der Waals surface area contributed by atoms with E-state index in [1.54, 1.807) is 0 Å². The highest BCUT2D eigenvalue weighted by atomic mass is 35.7. The minimum Gasteiger partial charge on any atom is -0.392 e. The molecule has 0 fully saturated rings. The van der Waals surface area contributed by atoms with Gasteiger partial charge in [-0.15, -0.1) is 0 Å². The molecule has 0 heterocycles. The van der Waals surface area contributed by atoms with Gasteiger partial charge in [-0.05, 0) is 39.8 Å². The van der Waals surface area contributed by atoms with Crippen molar-refractivity contribution < 1.29 is 34.0 Å². The second kappa shape index (κ2) is 12.4. The topological polar surface area (TPSA) is 113 Å². The van der Waals surface area contributed by atoms with Crippen molar-refractivity contribution in [2.75, 3.05) is 6.54 Å². The minimum absolute atomic E-state index is 0.243. The Hall–Kier alpha value is -3.07. The monoisotopic (exact) mass is 519 g/mol. The van der Waals surface area contributed by atoms with Gasteiger partial charge in [0.2, 0.25) is 0 Å². The van der Waals surface area contributed by atoms with Crippen molar-refractivity contribution in [3.05, 3.63) is 131 Å². The minimum atomic E-state index is -4.69. The van der Waals surface area contributed by atoms with Gasteiger partial charge >= 0.3 is 0 Å². The maximum absolute atomic E-state index is 11.2. The zero-order valence-electron chi connectivity index (χ0n) is 20.3. The molecule has 2 N–H and O–H groups in total. The third-order valence-corrected chi connectivity index (χ3v) is 6.44. The first-order chi connectivity index (χ1) is 17.8. The summed E-state index contributed by atoms with van der Waals surface area (Å²) in [4.78, 5) is 2.36. The summed E-state index contributed by atoms with van der Waals surface area (Å²) in [7, 11) is -4.69. The Balaban J connectivity index is 0.000000586. The fourth-order valence-corrected chi connectivity index (χ4v) is 5.03. The Morgan fingerprint density at radius 2 is 1.03 bits per heavy atom. The van der Waals surface area contributed by atoms with Crippen LogP contribution in [0.15, 0.2) is 109 Å². The molecule has 0 aromatic heterocycles. The Labute approximate surface area is 219 Å². The first kappa shape index (κ1) is 27.0. The van der Waals surface area contributed by atoms with Crippen molar-refractivity contribution in [1.29, 1.82) is 0 Å². The SMILES string of the molecule is OC(CC1c2ccccc2-c2ccccc21)CN(Cc1ccccc1)Cc1ccccc1.[O-][Cl+3]([O-])([O-])O. The highest BCUT2D eigenvalue weighted by molar-refractivity contribution is 5.78. The number of benzene rings is 4. The fraction of sp³-hybridized carbons (Fsp3) is 0.200. The summed E-state index contributed by atoms with van der Waals surface area (Å²) < 4.78 is 32.7. The van der Waals surface area contributed by atoms with E-state index in [1.165, 1.54) is 33.4 Å². The summed E-state index contributed by atoms with van der Waals surface area (Å²) in [5.41, 5.74) is 7.84. The van der Waals surface area contributed by atoms with Gasteiger partial charge in [0.05, 0.1) is 21.0 Å². The standard InChI is InChI=1S/C30H29NO.ClHO4/c32-25(19-30-28-17-9-7-15-26(28)27-16-8-10-18-29(27)30)22-31(20-23-11-3-1-4-12-23)21-24-13-5-2-6-14-24;2-1(3,4)5/h1-18,25,30,32H,19-22H2;(H,2,3,4,5). The van der Waals surface area contributed by atoms with Crippen LogP contribution in [0.4, 0.5) is 0 Å². The van der Waals surface area contributed by atoms with Crippen molar-refractivity contribution in [1.82, 2.24) is 4.90 Å². The van der Waals surface area contributed by atoms with Crippen molar-refractivity contribution in [2.45, 2.75) is 31.5 Å². The van der Waals surface area contributed by atoms with Gasteiger partial charge in [0, 0.05) is 25.6 Å². The summed E-state index contributed by atoms with van der Waals surface area (Å²) in [6.45, 7) is 2.29. The lowest BCUT2D eigenvalue weighted by molar-refractivity contribution is -1.92. The predicted molar refractivity (Wildman–Crippen MR) is 134 cm³/mol. The summed E-state index contributed by atoms with van der Waals surface area (Å²) in [5.74, 6) is 0.243. The predicted octanol–water partition coefficient (Wildman–Crippen LogP) is 2.13. The Bertz CT molecular complexity index is 1170. The lowest BCUT2D eigenvalue weighted by atomic mass is 9.91. The molecule has 0 aliphatic heterocycles. The summed E-state index contributed by atoms with van der Waals surface area (Å²) >= 11 is 0. The van der Waals surface area contributed by atoms with Gasteiger partial charge in [-0.3, -0.25) is 4.90 Å². The largest absolute Gasteiger partial charge is 0.392 e. The molecule has 0 bridgehead atoms. The summed E-state index contributed by atoms with van der Waals surface area (Å²) in [6, 6.07) is 38.4. The van der Waals surface area contributed by atoms with E-state index in [0.29, 0.717) is 6.54 Å². The van der Waals surface area contributed by atoms with Gasteiger partial charge in [-0.1, -0.05) is 109 Å². The Morgan fingerprint density at radius 3 is 1.46 bits per heavy atom. The van der Waals surface area contributed by atoms with E-state index in [1.807, 2.05) is 0 Å². The van der Waals surface area contributed by atoms with E-state index in [2.05, 4.69) is 114 Å². The normalized spacial score (nSPS) is 13.5. The van der Waals surface area contributed by atoms with Gasteiger partial charge in [0.25, 0.3) is 0 Å². The maximum atomic E-state index is 11.2. The highest BCUT2D eigenvalue weighted by Crippen LogP contribution is 2.46. The average molecular weight is 520 g/mol. The third kappa shape index (κ3) is 7.95. The van der Waals surface area contributed by atoms with Crippen molar-refractivity contribution in [3.63, 3.8) is 0 Å². The number of aliphatic hydroxyl groups excluding tert-OH is 1. The number of hydrogen-bond donors (Lipinski definition) is 2. The zero-order chi connectivity index (χ0) is 26.3. The van der Waals surface area contributed by atoms with Gasteiger partial charge in [-0.25, -0.2) is 0 Å². The van der Waals surface area contributed by atoms with E-state index < -0.39 is 16.3 Å². The van der Waals surface area contributed by atoms with Crippen LogP contribution in [-0.4, -0.2) is 27.3 Å². The smallest absolute Gasteiger partial charge is 0.0777 e. The molecular formula is C30H30ClNO5. The number of fused-ring (bicyclic) bond motifs is 3. The van der Waals surface area contributed by atoms with Crippen LogP contribution >= 0.6 is 0 Å². The Morgan fingerprint density at radius 1 is 0.649 bits per heavy atom. The molecule has 7 heteroatoms. The molecule has 37 heavy (non-hydrogen) atoms. The molecule has 5 rings (SSSR count). The van der Waals surface area contributed by atoms with Crippen molar-refractivity contribution >= 4 is 0 Å². The molecule has 0 saturated heterocycles. The van der Waals surface area contributed by atoms with E-state index in [4.69, 9.17) is 18.6 Å². The number of aliphatic hydroxyl groups is 1. The van der Waals surface area contributed by atoms with Gasteiger partial charge in [-0.2, -0.15) is 14.0 Å². The second-order valence-corrected chi connectivity index (χ2v) is 9.95. The second-order valence-electron chi connectivity index (χ2n) is 9.15. The number of rotatable bonds is 8. The molecule has 4 aromatic rings. The molecule has 6 nitrogen and oxygen atoms in total. The fourth-order valence-electron chi connectivity index (χ4n) is 5.03. The molecule has 1 aliphatic rings. The third-order valence-electron chi connectivity index (χ3n) is 6.44. The van der Waals surface area contributed by atoms with Gasteiger partial charge < -0.3 is 5.11 Å². The number of halogens is 1. The van der Waals surface area contributed by atoms with Crippen LogP contribution in [-0.2, 0) is 13.1 Å². The molecule has 1 aliphatic carbocycles. The molecule has 1 unspecified atom stereocenters. The molecular weight excluding hydrogens is 490 g/mol. The number of nitrogens with zero attached hydrogens (tertiary/aromatic N) is 1.